The Morgan fingerprint density at radius 3 is 3.05 bits per heavy atom. The van der Waals surface area contributed by atoms with Gasteiger partial charge in [-0.3, -0.25) is 0 Å². The Morgan fingerprint density at radius 2 is 2.35 bits per heavy atom. The Hall–Kier alpha value is -0.650. The minimum absolute atomic E-state index is 0.208. The number of nitrogens with zero attached hydrogens (tertiary/aromatic N) is 1. The Bertz CT molecular complexity index is 420. The molecule has 0 amide bonds. The van der Waals surface area contributed by atoms with Gasteiger partial charge in [-0.2, -0.15) is 0 Å². The summed E-state index contributed by atoms with van der Waals surface area (Å²) in [6.45, 7) is 6.45. The summed E-state index contributed by atoms with van der Waals surface area (Å²) in [7, 11) is 0. The highest BCUT2D eigenvalue weighted by Crippen LogP contribution is 2.21. The zero-order valence-corrected chi connectivity index (χ0v) is 13.8. The van der Waals surface area contributed by atoms with E-state index in [-0.39, 0.29) is 6.10 Å². The molecular formula is C15H23BrN2O2. The highest BCUT2D eigenvalue weighted by Gasteiger charge is 2.16. The molecule has 1 N–H and O–H groups in total. The molecule has 4 nitrogen and oxygen atoms in total. The predicted octanol–water partition coefficient (Wildman–Crippen LogP) is 3.29. The van der Waals surface area contributed by atoms with Crippen LogP contribution in [0.15, 0.2) is 16.7 Å². The van der Waals surface area contributed by atoms with Gasteiger partial charge in [-0.25, -0.2) is 4.98 Å². The second kappa shape index (κ2) is 7.96. The summed E-state index contributed by atoms with van der Waals surface area (Å²) in [6, 6.07) is 2.49. The van der Waals surface area contributed by atoms with Gasteiger partial charge in [0, 0.05) is 35.4 Å². The van der Waals surface area contributed by atoms with Gasteiger partial charge in [0.15, 0.2) is 0 Å². The van der Waals surface area contributed by atoms with Crippen molar-refractivity contribution in [2.24, 2.45) is 0 Å². The van der Waals surface area contributed by atoms with E-state index in [0.717, 1.165) is 36.0 Å². The number of hydrogen-bond donors (Lipinski definition) is 1. The Morgan fingerprint density at radius 1 is 1.50 bits per heavy atom. The minimum atomic E-state index is 0.208. The van der Waals surface area contributed by atoms with Gasteiger partial charge in [0.05, 0.1) is 6.10 Å². The summed E-state index contributed by atoms with van der Waals surface area (Å²) in [5, 5.41) is 3.40. The largest absolute Gasteiger partial charge is 0.475 e. The van der Waals surface area contributed by atoms with Crippen molar-refractivity contribution < 1.29 is 9.47 Å². The lowest BCUT2D eigenvalue weighted by atomic mass is 10.1. The number of ether oxygens (including phenoxy) is 2. The maximum Gasteiger partial charge on any atom is 0.217 e. The Balaban J connectivity index is 1.94. The molecule has 5 heteroatoms. The lowest BCUT2D eigenvalue weighted by Gasteiger charge is -2.23. The third-order valence-corrected chi connectivity index (χ3v) is 3.71. The molecule has 1 unspecified atom stereocenters. The fraction of sp³-hybridized carbons (Fsp3) is 0.667. The van der Waals surface area contributed by atoms with Gasteiger partial charge in [0.25, 0.3) is 0 Å². The third-order valence-electron chi connectivity index (χ3n) is 3.27. The van der Waals surface area contributed by atoms with E-state index in [1.165, 1.54) is 6.42 Å². The summed E-state index contributed by atoms with van der Waals surface area (Å²) in [5.41, 5.74) is 1.07. The molecule has 1 aromatic heterocycles. The Kier molecular flexibility index (Phi) is 6.26. The molecule has 0 aromatic carbocycles. The first-order chi connectivity index (χ1) is 9.65. The van der Waals surface area contributed by atoms with E-state index < -0.39 is 0 Å². The standard InChI is InChI=1S/C15H23BrN2O2/c1-11(2)17-8-12-7-13(16)9-18-15(12)20-10-14-5-3-4-6-19-14/h7,9,11,14,17H,3-6,8,10H2,1-2H3. The van der Waals surface area contributed by atoms with Crippen molar-refractivity contribution in [2.75, 3.05) is 13.2 Å². The van der Waals surface area contributed by atoms with Crippen LogP contribution in [0.5, 0.6) is 5.88 Å². The molecule has 0 spiro atoms. The predicted molar refractivity (Wildman–Crippen MR) is 83.0 cm³/mol. The lowest BCUT2D eigenvalue weighted by Crippen LogP contribution is -2.27. The SMILES string of the molecule is CC(C)NCc1cc(Br)cnc1OCC1CCCCO1. The maximum atomic E-state index is 5.87. The zero-order valence-electron chi connectivity index (χ0n) is 12.2. The fourth-order valence-corrected chi connectivity index (χ4v) is 2.53. The van der Waals surface area contributed by atoms with E-state index in [1.54, 1.807) is 6.20 Å². The Labute approximate surface area is 129 Å². The molecular weight excluding hydrogens is 320 g/mol. The normalized spacial score (nSPS) is 19.3. The van der Waals surface area contributed by atoms with Crippen molar-refractivity contribution in [1.29, 1.82) is 0 Å². The van der Waals surface area contributed by atoms with Crippen LogP contribution in [0.4, 0.5) is 0 Å². The van der Waals surface area contributed by atoms with Crippen LogP contribution >= 0.6 is 15.9 Å². The summed E-state index contributed by atoms with van der Waals surface area (Å²) in [5.74, 6) is 0.704. The van der Waals surface area contributed by atoms with Crippen LogP contribution in [0, 0.1) is 0 Å². The average molecular weight is 343 g/mol. The van der Waals surface area contributed by atoms with Crippen molar-refractivity contribution in [1.82, 2.24) is 10.3 Å². The van der Waals surface area contributed by atoms with Crippen LogP contribution in [0.2, 0.25) is 0 Å². The van der Waals surface area contributed by atoms with Crippen LogP contribution < -0.4 is 10.1 Å². The topological polar surface area (TPSA) is 43.4 Å². The quantitative estimate of drug-likeness (QED) is 0.861. The van der Waals surface area contributed by atoms with E-state index in [2.05, 4.69) is 46.1 Å². The van der Waals surface area contributed by atoms with Gasteiger partial charge < -0.3 is 14.8 Å². The number of halogens is 1. The minimum Gasteiger partial charge on any atom is -0.475 e. The van der Waals surface area contributed by atoms with Gasteiger partial charge in [0.1, 0.15) is 6.61 Å². The molecule has 0 saturated carbocycles. The molecule has 2 rings (SSSR count). The number of nitrogens with one attached hydrogen (secondary N) is 1. The molecule has 1 fully saturated rings. The van der Waals surface area contributed by atoms with E-state index >= 15 is 0 Å². The molecule has 20 heavy (non-hydrogen) atoms. The molecule has 1 aliphatic heterocycles. The first kappa shape index (κ1) is 15.7. The number of pyridine rings is 1. The number of rotatable bonds is 6. The monoisotopic (exact) mass is 342 g/mol. The summed E-state index contributed by atoms with van der Waals surface area (Å²) in [6.07, 6.45) is 5.45. The highest BCUT2D eigenvalue weighted by molar-refractivity contribution is 9.10. The summed E-state index contributed by atoms with van der Waals surface area (Å²) in [4.78, 5) is 4.38. The van der Waals surface area contributed by atoms with Crippen molar-refractivity contribution in [3.05, 3.63) is 22.3 Å². The van der Waals surface area contributed by atoms with Gasteiger partial charge >= 0.3 is 0 Å². The van der Waals surface area contributed by atoms with Crippen LogP contribution in [0.1, 0.15) is 38.7 Å². The van der Waals surface area contributed by atoms with E-state index in [9.17, 15) is 0 Å². The lowest BCUT2D eigenvalue weighted by molar-refractivity contribution is -0.0121. The second-order valence-corrected chi connectivity index (χ2v) is 6.37. The van der Waals surface area contributed by atoms with E-state index in [0.29, 0.717) is 18.5 Å². The molecule has 1 aromatic rings. The number of aromatic nitrogens is 1. The van der Waals surface area contributed by atoms with Gasteiger partial charge in [0.2, 0.25) is 5.88 Å². The van der Waals surface area contributed by atoms with Gasteiger partial charge in [-0.05, 0) is 41.3 Å². The summed E-state index contributed by atoms with van der Waals surface area (Å²) < 4.78 is 12.5. The molecule has 0 radical (unpaired) electrons. The fourth-order valence-electron chi connectivity index (χ4n) is 2.15. The van der Waals surface area contributed by atoms with Crippen LogP contribution in [-0.2, 0) is 11.3 Å². The smallest absolute Gasteiger partial charge is 0.217 e. The molecule has 1 atom stereocenters. The van der Waals surface area contributed by atoms with Crippen molar-refractivity contribution in [3.8, 4) is 5.88 Å². The van der Waals surface area contributed by atoms with Crippen molar-refractivity contribution in [3.63, 3.8) is 0 Å². The molecule has 0 aliphatic carbocycles. The molecule has 1 saturated heterocycles. The van der Waals surface area contributed by atoms with Gasteiger partial charge in [-0.1, -0.05) is 13.8 Å². The molecule has 112 valence electrons. The van der Waals surface area contributed by atoms with E-state index in [4.69, 9.17) is 9.47 Å². The second-order valence-electron chi connectivity index (χ2n) is 5.45. The van der Waals surface area contributed by atoms with E-state index in [1.807, 2.05) is 0 Å². The number of hydrogen-bond acceptors (Lipinski definition) is 4. The first-order valence-electron chi connectivity index (χ1n) is 7.27. The van der Waals surface area contributed by atoms with Crippen LogP contribution in [-0.4, -0.2) is 30.3 Å². The van der Waals surface area contributed by atoms with Crippen molar-refractivity contribution >= 4 is 15.9 Å². The molecule has 2 heterocycles. The summed E-state index contributed by atoms with van der Waals surface area (Å²) >= 11 is 3.46. The van der Waals surface area contributed by atoms with Crippen LogP contribution in [0.3, 0.4) is 0 Å². The van der Waals surface area contributed by atoms with Gasteiger partial charge in [-0.15, -0.1) is 0 Å². The average Bonchev–Trinajstić information content (AvgIpc) is 2.45. The molecule has 1 aliphatic rings. The maximum absolute atomic E-state index is 5.87. The zero-order chi connectivity index (χ0) is 14.4. The highest BCUT2D eigenvalue weighted by atomic mass is 79.9. The van der Waals surface area contributed by atoms with Crippen molar-refractivity contribution in [2.45, 2.75) is 51.8 Å². The molecule has 0 bridgehead atoms. The third kappa shape index (κ3) is 5.04. The first-order valence-corrected chi connectivity index (χ1v) is 8.06. The van der Waals surface area contributed by atoms with Crippen LogP contribution in [0.25, 0.3) is 0 Å².